The van der Waals surface area contributed by atoms with E-state index < -0.39 is 0 Å². The lowest BCUT2D eigenvalue weighted by atomic mass is 9.78. The van der Waals surface area contributed by atoms with Gasteiger partial charge in [-0.25, -0.2) is 0 Å². The maximum Gasteiger partial charge on any atom is 0.119 e. The van der Waals surface area contributed by atoms with E-state index in [1.165, 1.54) is 22.3 Å². The molecule has 5 aromatic rings. The normalized spacial score (nSPS) is 11.8. The van der Waals surface area contributed by atoms with E-state index in [0.29, 0.717) is 0 Å². The summed E-state index contributed by atoms with van der Waals surface area (Å²) < 4.78 is 7.62. The van der Waals surface area contributed by atoms with Gasteiger partial charge in [-0.2, -0.15) is 0 Å². The standard InChI is InChI=1S/C37H35Br2NO/c1-36(2,26-6-14-30(38)15-7-26)28-10-18-32(19-11-28)40(34-22-24-35(41-5)25-23-34)33-20-12-29(13-21-33)37(3,4)27-8-16-31(39)17-9-27/h6-25H,1-5H3. The fourth-order valence-electron chi connectivity index (χ4n) is 5.30. The molecule has 0 saturated carbocycles. The van der Waals surface area contributed by atoms with Crippen LogP contribution in [-0.2, 0) is 10.8 Å². The molecule has 0 aliphatic rings. The molecule has 5 aromatic carbocycles. The molecule has 0 unspecified atom stereocenters. The zero-order chi connectivity index (χ0) is 29.2. The molecule has 0 radical (unpaired) electrons. The maximum absolute atomic E-state index is 5.44. The van der Waals surface area contributed by atoms with Crippen LogP contribution in [0.4, 0.5) is 17.1 Å². The Balaban J connectivity index is 1.51. The van der Waals surface area contributed by atoms with E-state index in [9.17, 15) is 0 Å². The molecule has 2 nitrogen and oxygen atoms in total. The summed E-state index contributed by atoms with van der Waals surface area (Å²) in [4.78, 5) is 2.30. The van der Waals surface area contributed by atoms with Gasteiger partial charge in [0.2, 0.25) is 0 Å². The highest BCUT2D eigenvalue weighted by molar-refractivity contribution is 9.10. The van der Waals surface area contributed by atoms with Gasteiger partial charge in [-0.3, -0.25) is 0 Å². The molecular formula is C37H35Br2NO. The molecule has 0 amide bonds. The van der Waals surface area contributed by atoms with Crippen molar-refractivity contribution in [1.29, 1.82) is 0 Å². The Morgan fingerprint density at radius 3 is 1.00 bits per heavy atom. The van der Waals surface area contributed by atoms with Crippen molar-refractivity contribution in [1.82, 2.24) is 0 Å². The van der Waals surface area contributed by atoms with Crippen molar-refractivity contribution in [3.8, 4) is 5.75 Å². The van der Waals surface area contributed by atoms with Crippen molar-refractivity contribution in [3.63, 3.8) is 0 Å². The van der Waals surface area contributed by atoms with Crippen LogP contribution in [0.2, 0.25) is 0 Å². The zero-order valence-corrected chi connectivity index (χ0v) is 27.3. The number of rotatable bonds is 8. The summed E-state index contributed by atoms with van der Waals surface area (Å²) in [5, 5.41) is 0. The van der Waals surface area contributed by atoms with Gasteiger partial charge < -0.3 is 9.64 Å². The minimum Gasteiger partial charge on any atom is -0.497 e. The van der Waals surface area contributed by atoms with Gasteiger partial charge in [-0.15, -0.1) is 0 Å². The Kier molecular flexibility index (Phi) is 8.45. The summed E-state index contributed by atoms with van der Waals surface area (Å²) >= 11 is 7.12. The van der Waals surface area contributed by atoms with Crippen LogP contribution in [0, 0.1) is 0 Å². The monoisotopic (exact) mass is 667 g/mol. The van der Waals surface area contributed by atoms with Gasteiger partial charge in [-0.1, -0.05) is 108 Å². The summed E-state index contributed by atoms with van der Waals surface area (Å²) in [6.07, 6.45) is 0. The summed E-state index contributed by atoms with van der Waals surface area (Å²) in [7, 11) is 1.70. The van der Waals surface area contributed by atoms with Crippen LogP contribution in [0.25, 0.3) is 0 Å². The molecule has 208 valence electrons. The molecule has 0 heterocycles. The largest absolute Gasteiger partial charge is 0.497 e. The van der Waals surface area contributed by atoms with Crippen LogP contribution in [0.1, 0.15) is 49.9 Å². The van der Waals surface area contributed by atoms with Gasteiger partial charge in [0.1, 0.15) is 5.75 Å². The second kappa shape index (κ2) is 11.9. The first kappa shape index (κ1) is 29.2. The van der Waals surface area contributed by atoms with E-state index in [1.54, 1.807) is 7.11 Å². The van der Waals surface area contributed by atoms with Crippen molar-refractivity contribution in [3.05, 3.63) is 153 Å². The van der Waals surface area contributed by atoms with E-state index >= 15 is 0 Å². The van der Waals surface area contributed by atoms with Gasteiger partial charge >= 0.3 is 0 Å². The fraction of sp³-hybridized carbons (Fsp3) is 0.189. The number of halogens is 2. The highest BCUT2D eigenvalue weighted by Gasteiger charge is 2.25. The first-order chi connectivity index (χ1) is 19.6. The van der Waals surface area contributed by atoms with Gasteiger partial charge in [-0.05, 0) is 95.1 Å². The van der Waals surface area contributed by atoms with E-state index in [-0.39, 0.29) is 10.8 Å². The Bertz CT molecular complexity index is 1490. The molecule has 0 aliphatic heterocycles. The van der Waals surface area contributed by atoms with Crippen LogP contribution >= 0.6 is 31.9 Å². The van der Waals surface area contributed by atoms with Crippen molar-refractivity contribution in [2.45, 2.75) is 38.5 Å². The third-order valence-electron chi connectivity index (χ3n) is 8.16. The van der Waals surface area contributed by atoms with Crippen molar-refractivity contribution in [2.75, 3.05) is 12.0 Å². The fourth-order valence-corrected chi connectivity index (χ4v) is 5.83. The lowest BCUT2D eigenvalue weighted by Gasteiger charge is -2.30. The van der Waals surface area contributed by atoms with Crippen LogP contribution in [-0.4, -0.2) is 7.11 Å². The topological polar surface area (TPSA) is 12.5 Å². The smallest absolute Gasteiger partial charge is 0.119 e. The van der Waals surface area contributed by atoms with Gasteiger partial charge in [0.15, 0.2) is 0 Å². The van der Waals surface area contributed by atoms with Gasteiger partial charge in [0.25, 0.3) is 0 Å². The zero-order valence-electron chi connectivity index (χ0n) is 24.2. The average Bonchev–Trinajstić information content (AvgIpc) is 2.99. The number of anilines is 3. The average molecular weight is 670 g/mol. The third kappa shape index (κ3) is 6.14. The number of hydrogen-bond acceptors (Lipinski definition) is 2. The molecular weight excluding hydrogens is 634 g/mol. The Morgan fingerprint density at radius 1 is 0.439 bits per heavy atom. The molecule has 5 rings (SSSR count). The highest BCUT2D eigenvalue weighted by atomic mass is 79.9. The lowest BCUT2D eigenvalue weighted by molar-refractivity contribution is 0.415. The molecule has 0 fully saturated rings. The van der Waals surface area contributed by atoms with E-state index in [1.807, 2.05) is 12.1 Å². The second-order valence-electron chi connectivity index (χ2n) is 11.4. The Hall–Kier alpha value is -3.34. The SMILES string of the molecule is COc1ccc(N(c2ccc(C(C)(C)c3ccc(Br)cc3)cc2)c2ccc(C(C)(C)c3ccc(Br)cc3)cc2)cc1. The second-order valence-corrected chi connectivity index (χ2v) is 13.2. The van der Waals surface area contributed by atoms with Gasteiger partial charge in [0, 0.05) is 36.8 Å². The highest BCUT2D eigenvalue weighted by Crippen LogP contribution is 2.40. The van der Waals surface area contributed by atoms with E-state index in [0.717, 1.165) is 31.8 Å². The number of methoxy groups -OCH3 is 1. The molecule has 0 aromatic heterocycles. The molecule has 0 saturated heterocycles. The van der Waals surface area contributed by atoms with Crippen LogP contribution in [0.3, 0.4) is 0 Å². The van der Waals surface area contributed by atoms with Gasteiger partial charge in [0.05, 0.1) is 7.11 Å². The molecule has 41 heavy (non-hydrogen) atoms. The van der Waals surface area contributed by atoms with E-state index in [2.05, 4.69) is 174 Å². The summed E-state index contributed by atoms with van der Waals surface area (Å²) in [5.41, 5.74) is 8.14. The van der Waals surface area contributed by atoms with E-state index in [4.69, 9.17) is 4.74 Å². The molecule has 0 N–H and O–H groups in total. The van der Waals surface area contributed by atoms with Crippen molar-refractivity contribution >= 4 is 48.9 Å². The minimum absolute atomic E-state index is 0.121. The summed E-state index contributed by atoms with van der Waals surface area (Å²) in [6.45, 7) is 9.10. The van der Waals surface area contributed by atoms with Crippen molar-refractivity contribution in [2.24, 2.45) is 0 Å². The Labute approximate surface area is 261 Å². The molecule has 0 atom stereocenters. The number of benzene rings is 5. The summed E-state index contributed by atoms with van der Waals surface area (Å²) in [6, 6.07) is 43.3. The van der Waals surface area contributed by atoms with Crippen LogP contribution < -0.4 is 9.64 Å². The summed E-state index contributed by atoms with van der Waals surface area (Å²) in [5.74, 6) is 0.840. The lowest BCUT2D eigenvalue weighted by Crippen LogP contribution is -2.19. The van der Waals surface area contributed by atoms with Crippen LogP contribution in [0.5, 0.6) is 5.75 Å². The predicted octanol–water partition coefficient (Wildman–Crippen LogP) is 11.3. The first-order valence-electron chi connectivity index (χ1n) is 13.8. The number of hydrogen-bond donors (Lipinski definition) is 0. The third-order valence-corrected chi connectivity index (χ3v) is 9.21. The molecule has 0 bridgehead atoms. The maximum atomic E-state index is 5.44. The number of nitrogens with zero attached hydrogens (tertiary/aromatic N) is 1. The quantitative estimate of drug-likeness (QED) is 0.163. The molecule has 0 aliphatic carbocycles. The van der Waals surface area contributed by atoms with Crippen molar-refractivity contribution < 1.29 is 4.74 Å². The first-order valence-corrected chi connectivity index (χ1v) is 15.4. The number of ether oxygens (including phenoxy) is 1. The van der Waals surface area contributed by atoms with Crippen LogP contribution in [0.15, 0.2) is 130 Å². The predicted molar refractivity (Wildman–Crippen MR) is 180 cm³/mol. The Morgan fingerprint density at radius 2 is 0.707 bits per heavy atom. The molecule has 4 heteroatoms. The minimum atomic E-state index is -0.121. The molecule has 0 spiro atoms.